The molecular weight excluding hydrogens is 740 g/mol. The zero-order chi connectivity index (χ0) is 39.9. The van der Waals surface area contributed by atoms with E-state index >= 15 is 0 Å². The molecule has 5 amide bonds. The lowest BCUT2D eigenvalue weighted by atomic mass is 9.93. The van der Waals surface area contributed by atoms with Crippen LogP contribution in [0.15, 0.2) is 53.9 Å². The maximum Gasteiger partial charge on any atom is 0.262 e. The van der Waals surface area contributed by atoms with E-state index in [1.165, 1.54) is 12.4 Å². The number of nitrogens with zero attached hydrogens (tertiary/aromatic N) is 6. The Hall–Kier alpha value is -5.71. The number of benzene rings is 2. The minimum absolute atomic E-state index is 0.0225. The van der Waals surface area contributed by atoms with Crippen LogP contribution in [0.3, 0.4) is 0 Å². The number of carbonyl (C=O) groups excluding carboxylic acids is 5. The van der Waals surface area contributed by atoms with Crippen molar-refractivity contribution in [3.05, 3.63) is 82.0 Å². The molecule has 0 radical (unpaired) electrons. The van der Waals surface area contributed by atoms with Gasteiger partial charge in [0.15, 0.2) is 5.82 Å². The largest absolute Gasteiger partial charge is 0.404 e. The zero-order valence-electron chi connectivity index (χ0n) is 31.0. The molecule has 0 bridgehead atoms. The average molecular weight is 783 g/mol. The lowest BCUT2D eigenvalue weighted by molar-refractivity contribution is -0.136. The minimum atomic E-state index is -1.33. The summed E-state index contributed by atoms with van der Waals surface area (Å²) < 4.78 is 0. The number of nitrogen functional groups attached to an aromatic ring is 1. The zero-order valence-corrected chi connectivity index (χ0v) is 31.8. The van der Waals surface area contributed by atoms with Gasteiger partial charge in [0.05, 0.1) is 33.4 Å². The summed E-state index contributed by atoms with van der Waals surface area (Å²) in [6, 6.07) is 7.61. The number of aliphatic imine (C=N–C) groups is 1. The summed E-state index contributed by atoms with van der Waals surface area (Å²) in [7, 11) is 0. The van der Waals surface area contributed by atoms with Gasteiger partial charge < -0.3 is 31.7 Å². The number of nitrogens with one attached hydrogen (secondary N) is 2. The molecule has 0 spiro atoms. The van der Waals surface area contributed by atoms with Crippen LogP contribution < -0.4 is 27.0 Å². The monoisotopic (exact) mass is 782 g/mol. The molecule has 5 heterocycles. The molecule has 0 saturated carbocycles. The van der Waals surface area contributed by atoms with E-state index in [1.54, 1.807) is 44.3 Å². The second-order valence-electron chi connectivity index (χ2n) is 15.1. The number of aromatic nitrogens is 2. The van der Waals surface area contributed by atoms with E-state index in [2.05, 4.69) is 30.4 Å². The predicted octanol–water partition coefficient (Wildman–Crippen LogP) is 2.30. The van der Waals surface area contributed by atoms with Crippen molar-refractivity contribution in [1.29, 1.82) is 0 Å². The fourth-order valence-electron chi connectivity index (χ4n) is 7.60. The maximum absolute atomic E-state index is 13.3. The Balaban J connectivity index is 0.924. The average Bonchev–Trinajstić information content (AvgIpc) is 3.38. The van der Waals surface area contributed by atoms with Gasteiger partial charge in [0, 0.05) is 98.1 Å². The van der Waals surface area contributed by atoms with Crippen LogP contribution in [0.25, 0.3) is 5.57 Å². The standard InChI is InChI=1S/C39H43ClN10O6/c1-39(2,56)29-13-30(42)22(11-31(29)46-35(52)28(14-41)34-44-16-23(40)17-45-34)15-43-24-7-9-48(10-8-24)18-21-19-49(20-21)25-3-4-26-27(12-25)38(55)50(37(26)54)32-5-6-33(51)47-36(32)53/h3-4,11-17,21,24,32,56H,5-10,18-20,41-42H2,1-2H3,(H,46,52)(H,47,51,53). The van der Waals surface area contributed by atoms with Crippen molar-refractivity contribution in [2.75, 3.05) is 48.7 Å². The molecule has 292 valence electrons. The van der Waals surface area contributed by atoms with Crippen LogP contribution in [0, 0.1) is 5.92 Å². The van der Waals surface area contributed by atoms with Gasteiger partial charge in [-0.15, -0.1) is 0 Å². The molecule has 3 fully saturated rings. The number of nitrogens with two attached hydrogens (primary N) is 2. The first-order valence-corrected chi connectivity index (χ1v) is 18.8. The van der Waals surface area contributed by atoms with Gasteiger partial charge in [0.1, 0.15) is 6.04 Å². The smallest absolute Gasteiger partial charge is 0.262 e. The fourth-order valence-corrected chi connectivity index (χ4v) is 7.70. The molecule has 56 heavy (non-hydrogen) atoms. The van der Waals surface area contributed by atoms with Gasteiger partial charge >= 0.3 is 0 Å². The number of halogens is 1. The molecule has 4 aliphatic rings. The number of amides is 5. The molecule has 7 N–H and O–H groups in total. The third-order valence-electron chi connectivity index (χ3n) is 10.6. The van der Waals surface area contributed by atoms with Gasteiger partial charge in [-0.25, -0.2) is 9.97 Å². The fraction of sp³-hybridized carbons (Fsp3) is 0.385. The van der Waals surface area contributed by atoms with E-state index in [1.807, 2.05) is 6.07 Å². The highest BCUT2D eigenvalue weighted by Crippen LogP contribution is 2.35. The van der Waals surface area contributed by atoms with Gasteiger partial charge in [-0.3, -0.25) is 39.2 Å². The normalized spacial score (nSPS) is 20.1. The van der Waals surface area contributed by atoms with Gasteiger partial charge in [-0.1, -0.05) is 11.6 Å². The topological polar surface area (TPSA) is 230 Å². The number of hydrogen-bond donors (Lipinski definition) is 5. The van der Waals surface area contributed by atoms with Crippen LogP contribution in [0.1, 0.15) is 77.2 Å². The van der Waals surface area contributed by atoms with Gasteiger partial charge in [0.2, 0.25) is 11.8 Å². The maximum atomic E-state index is 13.3. The van der Waals surface area contributed by atoms with E-state index < -0.39 is 41.2 Å². The number of hydrogen-bond acceptors (Lipinski definition) is 13. The number of carbonyl (C=O) groups is 5. The van der Waals surface area contributed by atoms with Crippen molar-refractivity contribution < 1.29 is 29.1 Å². The Kier molecular flexibility index (Phi) is 10.6. The van der Waals surface area contributed by atoms with Gasteiger partial charge in [-0.2, -0.15) is 0 Å². The van der Waals surface area contributed by atoms with Crippen molar-refractivity contribution in [3.63, 3.8) is 0 Å². The summed E-state index contributed by atoms with van der Waals surface area (Å²) in [6.45, 7) is 7.49. The second kappa shape index (κ2) is 15.4. The Morgan fingerprint density at radius 3 is 2.41 bits per heavy atom. The van der Waals surface area contributed by atoms with Gasteiger partial charge in [-0.05, 0) is 63.4 Å². The first-order chi connectivity index (χ1) is 26.7. The molecule has 4 aliphatic heterocycles. The molecule has 7 rings (SSSR count). The van der Waals surface area contributed by atoms with Crippen LogP contribution in [-0.2, 0) is 20.0 Å². The van der Waals surface area contributed by atoms with Crippen LogP contribution >= 0.6 is 11.6 Å². The molecular formula is C39H43ClN10O6. The number of fused-ring (bicyclic) bond motifs is 1. The Morgan fingerprint density at radius 2 is 1.75 bits per heavy atom. The highest BCUT2D eigenvalue weighted by atomic mass is 35.5. The first kappa shape index (κ1) is 38.6. The molecule has 17 heteroatoms. The van der Waals surface area contributed by atoms with E-state index in [9.17, 15) is 29.1 Å². The second-order valence-corrected chi connectivity index (χ2v) is 15.5. The highest BCUT2D eigenvalue weighted by Gasteiger charge is 2.45. The van der Waals surface area contributed by atoms with Crippen LogP contribution in [-0.4, -0.2) is 105 Å². The lowest BCUT2D eigenvalue weighted by Crippen LogP contribution is -2.54. The number of likely N-dealkylation sites (tertiary alicyclic amines) is 1. The van der Waals surface area contributed by atoms with Crippen molar-refractivity contribution in [1.82, 2.24) is 25.1 Å². The molecule has 1 atom stereocenters. The third kappa shape index (κ3) is 7.85. The van der Waals surface area contributed by atoms with Crippen molar-refractivity contribution in [2.45, 2.75) is 57.2 Å². The first-order valence-electron chi connectivity index (χ1n) is 18.4. The van der Waals surface area contributed by atoms with E-state index in [0.29, 0.717) is 33.4 Å². The lowest BCUT2D eigenvalue weighted by Gasteiger charge is -2.44. The number of anilines is 3. The highest BCUT2D eigenvalue weighted by molar-refractivity contribution is 6.30. The molecule has 2 aromatic carbocycles. The van der Waals surface area contributed by atoms with E-state index in [4.69, 9.17) is 28.1 Å². The molecule has 16 nitrogen and oxygen atoms in total. The molecule has 0 aliphatic carbocycles. The number of imide groups is 2. The Bertz CT molecular complexity index is 2150. The summed E-state index contributed by atoms with van der Waals surface area (Å²) in [4.78, 5) is 82.2. The molecule has 3 saturated heterocycles. The quantitative estimate of drug-likeness (QED) is 0.0864. The summed E-state index contributed by atoms with van der Waals surface area (Å²) in [6.07, 6.45) is 7.45. The van der Waals surface area contributed by atoms with E-state index in [0.717, 1.165) is 62.4 Å². The Morgan fingerprint density at radius 1 is 1.05 bits per heavy atom. The minimum Gasteiger partial charge on any atom is -0.404 e. The molecule has 1 unspecified atom stereocenters. The van der Waals surface area contributed by atoms with Crippen LogP contribution in [0.4, 0.5) is 17.1 Å². The number of aliphatic hydroxyl groups is 1. The summed E-state index contributed by atoms with van der Waals surface area (Å²) in [5.74, 6) is -2.11. The van der Waals surface area contributed by atoms with Crippen molar-refractivity contribution in [3.8, 4) is 0 Å². The van der Waals surface area contributed by atoms with Gasteiger partial charge in [0.25, 0.3) is 17.7 Å². The van der Waals surface area contributed by atoms with Crippen molar-refractivity contribution >= 4 is 70.0 Å². The molecule has 1 aromatic heterocycles. The number of rotatable bonds is 10. The van der Waals surface area contributed by atoms with Crippen molar-refractivity contribution in [2.24, 2.45) is 16.6 Å². The van der Waals surface area contributed by atoms with Crippen LogP contribution in [0.2, 0.25) is 5.02 Å². The predicted molar refractivity (Wildman–Crippen MR) is 210 cm³/mol. The summed E-state index contributed by atoms with van der Waals surface area (Å²) in [5.41, 5.74) is 14.0. The third-order valence-corrected chi connectivity index (χ3v) is 10.8. The SMILES string of the molecule is CC(C)(O)c1cc(N)c(C=NC2CCN(CC3CN(c4ccc5c(c4)C(=O)N(C4CCC(=O)NC4=O)C5=O)C3)CC2)cc1NC(=O)C(=CN)c1ncc(Cl)cn1. The van der Waals surface area contributed by atoms with Crippen LogP contribution in [0.5, 0.6) is 0 Å². The Labute approximate surface area is 328 Å². The summed E-state index contributed by atoms with van der Waals surface area (Å²) in [5, 5.41) is 16.3. The number of piperidine rings is 2. The summed E-state index contributed by atoms with van der Waals surface area (Å²) >= 11 is 5.90. The van der Waals surface area contributed by atoms with E-state index in [-0.39, 0.29) is 41.4 Å². The molecule has 3 aromatic rings.